The summed E-state index contributed by atoms with van der Waals surface area (Å²) in [6.07, 6.45) is 2.58. The second-order valence-electron chi connectivity index (χ2n) is 14.3. The number of ether oxygens (including phenoxy) is 3. The monoisotopic (exact) mass is 710 g/mol. The van der Waals surface area contributed by atoms with Gasteiger partial charge in [-0.3, -0.25) is 14.4 Å². The van der Waals surface area contributed by atoms with Crippen LogP contribution >= 0.6 is 11.6 Å². The Balaban J connectivity index is 1.63. The van der Waals surface area contributed by atoms with Gasteiger partial charge in [0.05, 0.1) is 23.7 Å². The molecular weight excluding hydrogens is 660 g/mol. The maximum Gasteiger partial charge on any atom is 0.328 e. The molecule has 12 heteroatoms. The molecule has 4 rings (SSSR count). The van der Waals surface area contributed by atoms with Crippen LogP contribution in [0.1, 0.15) is 77.2 Å². The molecule has 0 saturated carbocycles. The molecule has 0 bridgehead atoms. The van der Waals surface area contributed by atoms with Crippen molar-refractivity contribution in [3.63, 3.8) is 0 Å². The Bertz CT molecular complexity index is 1560. The van der Waals surface area contributed by atoms with Crippen molar-refractivity contribution in [1.82, 2.24) is 16.0 Å². The van der Waals surface area contributed by atoms with Gasteiger partial charge < -0.3 is 35.9 Å². The van der Waals surface area contributed by atoms with Gasteiger partial charge >= 0.3 is 5.97 Å². The lowest BCUT2D eigenvalue weighted by atomic mass is 9.83. The highest BCUT2D eigenvalue weighted by Crippen LogP contribution is 2.45. The molecule has 0 radical (unpaired) electrons. The van der Waals surface area contributed by atoms with E-state index in [-0.39, 0.29) is 36.9 Å². The highest BCUT2D eigenvalue weighted by molar-refractivity contribution is 6.32. The number of hydrogen-bond donors (Lipinski definition) is 4. The summed E-state index contributed by atoms with van der Waals surface area (Å²) in [6, 6.07) is 10.5. The number of hydrogen-bond acceptors (Lipinski definition) is 8. The zero-order valence-electron chi connectivity index (χ0n) is 30.0. The molecule has 3 amide bonds. The van der Waals surface area contributed by atoms with E-state index in [1.807, 2.05) is 45.0 Å². The normalized spacial score (nSPS) is 27.4. The van der Waals surface area contributed by atoms with E-state index >= 15 is 0 Å². The quantitative estimate of drug-likeness (QED) is 0.218. The number of benzene rings is 2. The van der Waals surface area contributed by atoms with Crippen molar-refractivity contribution in [1.29, 1.82) is 0 Å². The van der Waals surface area contributed by atoms with Crippen LogP contribution in [0, 0.1) is 17.3 Å². The molecule has 5 N–H and O–H groups in total. The molecule has 1 fully saturated rings. The molecule has 2 aromatic carbocycles. The van der Waals surface area contributed by atoms with Crippen LogP contribution in [0.3, 0.4) is 0 Å². The fraction of sp³-hybridized carbons (Fsp3) is 0.526. The molecule has 0 spiro atoms. The third kappa shape index (κ3) is 9.86. The van der Waals surface area contributed by atoms with E-state index in [1.165, 1.54) is 13.2 Å². The zero-order chi connectivity index (χ0) is 36.7. The number of rotatable bonds is 9. The van der Waals surface area contributed by atoms with Gasteiger partial charge in [0.2, 0.25) is 17.7 Å². The van der Waals surface area contributed by atoms with E-state index in [9.17, 15) is 19.2 Å². The Morgan fingerprint density at radius 1 is 0.980 bits per heavy atom. The van der Waals surface area contributed by atoms with Gasteiger partial charge in [0, 0.05) is 31.3 Å². The smallest absolute Gasteiger partial charge is 0.328 e. The highest BCUT2D eigenvalue weighted by Gasteiger charge is 2.48. The fourth-order valence-electron chi connectivity index (χ4n) is 5.98. The first-order chi connectivity index (χ1) is 23.6. The minimum absolute atomic E-state index is 0.0676. The summed E-state index contributed by atoms with van der Waals surface area (Å²) in [5, 5.41) is 9.01. The number of amides is 3. The topological polar surface area (TPSA) is 161 Å². The Hall–Kier alpha value is -3.93. The largest absolute Gasteiger partial charge is 0.495 e. The summed E-state index contributed by atoms with van der Waals surface area (Å²) in [4.78, 5) is 54.5. The molecule has 2 aromatic rings. The third-order valence-corrected chi connectivity index (χ3v) is 9.99. The molecule has 7 atom stereocenters. The standard InChI is InChI=1S/C38H51ClN4O7/c1-21(2)17-29-36(46)49-30(22(3)33-34(50-33)26-14-11-24(20-40)12-15-26)9-8-10-32(44)42-28(19-25-13-16-31(48-7)27(39)18-25)35(45)41-23(4)38(5,6)37(47)43-29/h8,10-16,18,21-23,28-30,33-34H,9,17,19-20,40H2,1-7H3,(H,41,45)(H,42,44)(H,43,47)/b10-8-/t22-,23?,28+,29-,30-,33+,34+/m0/s1. The van der Waals surface area contributed by atoms with E-state index in [4.69, 9.17) is 31.5 Å². The Labute approximate surface area is 300 Å². The number of epoxide rings is 1. The van der Waals surface area contributed by atoms with Crippen LogP contribution in [0.5, 0.6) is 5.75 Å². The maximum atomic E-state index is 13.8. The molecule has 272 valence electrons. The Morgan fingerprint density at radius 3 is 2.28 bits per heavy atom. The van der Waals surface area contributed by atoms with Gasteiger partial charge in [-0.1, -0.05) is 68.8 Å². The van der Waals surface area contributed by atoms with Crippen LogP contribution in [0.15, 0.2) is 54.6 Å². The molecule has 2 heterocycles. The van der Waals surface area contributed by atoms with E-state index in [0.29, 0.717) is 29.3 Å². The summed E-state index contributed by atoms with van der Waals surface area (Å²) < 4.78 is 17.5. The second kappa shape index (κ2) is 16.9. The summed E-state index contributed by atoms with van der Waals surface area (Å²) in [5.41, 5.74) is 7.33. The fourth-order valence-corrected chi connectivity index (χ4v) is 6.26. The average molecular weight is 711 g/mol. The SMILES string of the molecule is COc1ccc(C[C@H]2NC(=O)/C=C\C[C@@H]([C@H](C)[C@H]3O[C@@H]3c3ccc(CN)cc3)OC(=O)[C@H](CC(C)C)NC(=O)C(C)(C)C(C)NC2=O)cc1Cl. The molecule has 0 aromatic heterocycles. The van der Waals surface area contributed by atoms with Gasteiger partial charge in [0.1, 0.15) is 30.0 Å². The summed E-state index contributed by atoms with van der Waals surface area (Å²) in [5.74, 6) is -1.66. The molecule has 50 heavy (non-hydrogen) atoms. The van der Waals surface area contributed by atoms with Crippen LogP contribution in [0.4, 0.5) is 0 Å². The van der Waals surface area contributed by atoms with Gasteiger partial charge in [-0.15, -0.1) is 0 Å². The lowest BCUT2D eigenvalue weighted by molar-refractivity contribution is -0.157. The number of esters is 1. The summed E-state index contributed by atoms with van der Waals surface area (Å²) in [6.45, 7) is 11.4. The lowest BCUT2D eigenvalue weighted by Crippen LogP contribution is -2.58. The second-order valence-corrected chi connectivity index (χ2v) is 14.7. The van der Waals surface area contributed by atoms with Crippen molar-refractivity contribution in [2.24, 2.45) is 23.0 Å². The molecule has 11 nitrogen and oxygen atoms in total. The lowest BCUT2D eigenvalue weighted by Gasteiger charge is -2.34. The summed E-state index contributed by atoms with van der Waals surface area (Å²) in [7, 11) is 1.51. The molecule has 2 aliphatic heterocycles. The predicted molar refractivity (Wildman–Crippen MR) is 191 cm³/mol. The van der Waals surface area contributed by atoms with Crippen LogP contribution < -0.4 is 26.4 Å². The summed E-state index contributed by atoms with van der Waals surface area (Å²) >= 11 is 6.35. The number of carbonyl (C=O) groups is 4. The third-order valence-electron chi connectivity index (χ3n) is 9.69. The number of cyclic esters (lactones) is 1. The number of nitrogens with two attached hydrogens (primary N) is 1. The number of methoxy groups -OCH3 is 1. The minimum atomic E-state index is -1.14. The predicted octanol–water partition coefficient (Wildman–Crippen LogP) is 4.54. The molecule has 1 saturated heterocycles. The first-order valence-corrected chi connectivity index (χ1v) is 17.6. The molecule has 2 aliphatic rings. The van der Waals surface area contributed by atoms with E-state index in [1.54, 1.807) is 45.0 Å². The van der Waals surface area contributed by atoms with Gasteiger partial charge in [0.25, 0.3) is 0 Å². The minimum Gasteiger partial charge on any atom is -0.495 e. The molecule has 0 aliphatic carbocycles. The Morgan fingerprint density at radius 2 is 1.66 bits per heavy atom. The van der Waals surface area contributed by atoms with Gasteiger partial charge in [-0.05, 0) is 68.0 Å². The maximum absolute atomic E-state index is 13.8. The van der Waals surface area contributed by atoms with Crippen molar-refractivity contribution in [3.8, 4) is 5.75 Å². The van der Waals surface area contributed by atoms with Gasteiger partial charge in [-0.25, -0.2) is 4.79 Å². The zero-order valence-corrected chi connectivity index (χ0v) is 30.7. The van der Waals surface area contributed by atoms with Crippen LogP contribution in [-0.4, -0.2) is 61.1 Å². The van der Waals surface area contributed by atoms with Crippen LogP contribution in [0.25, 0.3) is 0 Å². The van der Waals surface area contributed by atoms with Crippen molar-refractivity contribution < 1.29 is 33.4 Å². The molecular formula is C38H51ClN4O7. The van der Waals surface area contributed by atoms with Gasteiger partial charge in [-0.2, -0.15) is 0 Å². The van der Waals surface area contributed by atoms with E-state index in [0.717, 1.165) is 11.1 Å². The van der Waals surface area contributed by atoms with Crippen molar-refractivity contribution >= 4 is 35.3 Å². The van der Waals surface area contributed by atoms with Crippen LogP contribution in [-0.2, 0) is 41.6 Å². The van der Waals surface area contributed by atoms with Crippen molar-refractivity contribution in [3.05, 3.63) is 76.3 Å². The Kier molecular flexibility index (Phi) is 13.1. The first kappa shape index (κ1) is 38.9. The first-order valence-electron chi connectivity index (χ1n) is 17.2. The van der Waals surface area contributed by atoms with Gasteiger partial charge in [0.15, 0.2) is 0 Å². The van der Waals surface area contributed by atoms with E-state index < -0.39 is 53.3 Å². The number of carbonyl (C=O) groups excluding carboxylic acids is 4. The molecule has 1 unspecified atom stereocenters. The van der Waals surface area contributed by atoms with Crippen molar-refractivity contribution in [2.75, 3.05) is 7.11 Å². The number of nitrogens with one attached hydrogen (secondary N) is 3. The highest BCUT2D eigenvalue weighted by atomic mass is 35.5. The van der Waals surface area contributed by atoms with Crippen molar-refractivity contribution in [2.45, 2.75) is 104 Å². The average Bonchev–Trinajstić information content (AvgIpc) is 3.87. The van der Waals surface area contributed by atoms with E-state index in [2.05, 4.69) is 16.0 Å². The number of halogens is 1. The van der Waals surface area contributed by atoms with Crippen LogP contribution in [0.2, 0.25) is 5.02 Å².